The monoisotopic (exact) mass is 249 g/mol. The molecule has 0 saturated carbocycles. The Kier molecular flexibility index (Phi) is 2.88. The Bertz CT molecular complexity index is 606. The molecule has 7 heteroatoms. The van der Waals surface area contributed by atoms with Crippen molar-refractivity contribution in [3.05, 3.63) is 33.9 Å². The molecule has 0 amide bonds. The lowest BCUT2D eigenvalue weighted by Crippen LogP contribution is -1.93. The number of nitrogen functional groups attached to an aromatic ring is 1. The Balaban J connectivity index is 2.58. The van der Waals surface area contributed by atoms with Crippen LogP contribution in [-0.4, -0.2) is 17.2 Å². The maximum Gasteiger partial charge on any atom is 0.273 e. The molecule has 0 aliphatic heterocycles. The number of nitrogens with two attached hydrogens (primary N) is 1. The van der Waals surface area contributed by atoms with Crippen LogP contribution in [0.3, 0.4) is 0 Å². The van der Waals surface area contributed by atoms with Crippen LogP contribution < -0.4 is 10.5 Å². The van der Waals surface area contributed by atoms with Crippen molar-refractivity contribution < 1.29 is 14.2 Å². The summed E-state index contributed by atoms with van der Waals surface area (Å²) in [5, 5.41) is 14.5. The molecule has 2 N–H and O–H groups in total. The zero-order valence-electron chi connectivity index (χ0n) is 9.84. The molecule has 2 aromatic rings. The van der Waals surface area contributed by atoms with Gasteiger partial charge < -0.3 is 15.0 Å². The summed E-state index contributed by atoms with van der Waals surface area (Å²) in [5.74, 6) is 0.561. The zero-order valence-corrected chi connectivity index (χ0v) is 9.84. The van der Waals surface area contributed by atoms with Crippen molar-refractivity contribution >= 4 is 11.6 Å². The van der Waals surface area contributed by atoms with Crippen molar-refractivity contribution in [3.8, 4) is 17.0 Å². The number of rotatable bonds is 3. The third-order valence-electron chi connectivity index (χ3n) is 2.61. The van der Waals surface area contributed by atoms with Crippen LogP contribution in [0.2, 0.25) is 0 Å². The van der Waals surface area contributed by atoms with E-state index in [4.69, 9.17) is 15.0 Å². The van der Waals surface area contributed by atoms with Crippen LogP contribution in [0.15, 0.2) is 22.7 Å². The highest BCUT2D eigenvalue weighted by Gasteiger charge is 2.18. The lowest BCUT2D eigenvalue weighted by atomic mass is 10.1. The Morgan fingerprint density at radius 2 is 2.22 bits per heavy atom. The van der Waals surface area contributed by atoms with Crippen LogP contribution in [0.4, 0.5) is 11.6 Å². The van der Waals surface area contributed by atoms with Gasteiger partial charge >= 0.3 is 0 Å². The second-order valence-corrected chi connectivity index (χ2v) is 3.66. The van der Waals surface area contributed by atoms with Gasteiger partial charge in [0.25, 0.3) is 5.69 Å². The lowest BCUT2D eigenvalue weighted by Gasteiger charge is -2.06. The molecule has 7 nitrogen and oxygen atoms in total. The Morgan fingerprint density at radius 1 is 1.50 bits per heavy atom. The molecule has 18 heavy (non-hydrogen) atoms. The summed E-state index contributed by atoms with van der Waals surface area (Å²) in [4.78, 5) is 10.2. The van der Waals surface area contributed by atoms with E-state index in [0.29, 0.717) is 22.6 Å². The predicted molar refractivity (Wildman–Crippen MR) is 64.3 cm³/mol. The maximum atomic E-state index is 10.7. The molecule has 1 aromatic carbocycles. The SMILES string of the molecule is COc1cc([N+](=O)[O-])ccc1-c1noc(N)c1C. The van der Waals surface area contributed by atoms with Gasteiger partial charge in [0.2, 0.25) is 5.88 Å². The molecule has 1 aromatic heterocycles. The number of aromatic nitrogens is 1. The van der Waals surface area contributed by atoms with Gasteiger partial charge in [-0.2, -0.15) is 0 Å². The lowest BCUT2D eigenvalue weighted by molar-refractivity contribution is -0.384. The Morgan fingerprint density at radius 3 is 2.72 bits per heavy atom. The smallest absolute Gasteiger partial charge is 0.273 e. The maximum absolute atomic E-state index is 10.7. The van der Waals surface area contributed by atoms with Gasteiger partial charge in [0, 0.05) is 17.2 Å². The number of methoxy groups -OCH3 is 1. The summed E-state index contributed by atoms with van der Waals surface area (Å²) < 4.78 is 9.99. The van der Waals surface area contributed by atoms with Gasteiger partial charge in [0.05, 0.1) is 18.1 Å². The predicted octanol–water partition coefficient (Wildman–Crippen LogP) is 2.15. The fraction of sp³-hybridized carbons (Fsp3) is 0.182. The highest BCUT2D eigenvalue weighted by atomic mass is 16.6. The van der Waals surface area contributed by atoms with Gasteiger partial charge in [-0.15, -0.1) is 0 Å². The topological polar surface area (TPSA) is 104 Å². The summed E-state index contributed by atoms with van der Waals surface area (Å²) >= 11 is 0. The van der Waals surface area contributed by atoms with E-state index in [2.05, 4.69) is 5.16 Å². The van der Waals surface area contributed by atoms with Crippen LogP contribution in [0.5, 0.6) is 5.75 Å². The molecule has 0 radical (unpaired) electrons. The molecular weight excluding hydrogens is 238 g/mol. The number of nitro benzene ring substituents is 1. The van der Waals surface area contributed by atoms with Crippen LogP contribution in [-0.2, 0) is 0 Å². The highest BCUT2D eigenvalue weighted by molar-refractivity contribution is 5.73. The second kappa shape index (κ2) is 4.36. The van der Waals surface area contributed by atoms with Crippen molar-refractivity contribution in [3.63, 3.8) is 0 Å². The number of nitro groups is 1. The average Bonchev–Trinajstić information content (AvgIpc) is 2.69. The minimum Gasteiger partial charge on any atom is -0.496 e. The first-order valence-corrected chi connectivity index (χ1v) is 5.09. The zero-order chi connectivity index (χ0) is 13.3. The summed E-state index contributed by atoms with van der Waals surface area (Å²) in [6.45, 7) is 1.75. The summed E-state index contributed by atoms with van der Waals surface area (Å²) in [7, 11) is 1.43. The fourth-order valence-corrected chi connectivity index (χ4v) is 1.59. The first-order valence-electron chi connectivity index (χ1n) is 5.09. The van der Waals surface area contributed by atoms with Gasteiger partial charge in [0.15, 0.2) is 0 Å². The van der Waals surface area contributed by atoms with Crippen molar-refractivity contribution in [1.82, 2.24) is 5.16 Å². The third-order valence-corrected chi connectivity index (χ3v) is 2.61. The van der Waals surface area contributed by atoms with Gasteiger partial charge in [0.1, 0.15) is 11.4 Å². The Hall–Kier alpha value is -2.57. The van der Waals surface area contributed by atoms with E-state index < -0.39 is 4.92 Å². The Labute approximate surface area is 102 Å². The quantitative estimate of drug-likeness (QED) is 0.660. The number of anilines is 1. The van der Waals surface area contributed by atoms with E-state index >= 15 is 0 Å². The van der Waals surface area contributed by atoms with E-state index in [1.54, 1.807) is 13.0 Å². The molecule has 0 atom stereocenters. The molecular formula is C11H11N3O4. The number of ether oxygens (including phenoxy) is 1. The van der Waals surface area contributed by atoms with E-state index in [0.717, 1.165) is 0 Å². The summed E-state index contributed by atoms with van der Waals surface area (Å²) in [5.41, 5.74) is 7.30. The molecule has 0 aliphatic rings. The molecule has 1 heterocycles. The molecule has 94 valence electrons. The van der Waals surface area contributed by atoms with E-state index in [1.165, 1.54) is 19.2 Å². The van der Waals surface area contributed by atoms with Crippen LogP contribution in [0.1, 0.15) is 5.56 Å². The van der Waals surface area contributed by atoms with Crippen molar-refractivity contribution in [2.24, 2.45) is 0 Å². The molecule has 0 spiro atoms. The number of hydrogen-bond donors (Lipinski definition) is 1. The number of hydrogen-bond acceptors (Lipinski definition) is 6. The number of benzene rings is 1. The van der Waals surface area contributed by atoms with Crippen LogP contribution in [0, 0.1) is 17.0 Å². The highest BCUT2D eigenvalue weighted by Crippen LogP contribution is 2.35. The van der Waals surface area contributed by atoms with Gasteiger partial charge in [-0.05, 0) is 13.0 Å². The summed E-state index contributed by atoms with van der Waals surface area (Å²) in [6.07, 6.45) is 0. The molecule has 2 rings (SSSR count). The first-order chi connectivity index (χ1) is 8.54. The molecule has 0 bridgehead atoms. The third kappa shape index (κ3) is 1.86. The van der Waals surface area contributed by atoms with E-state index in [1.807, 2.05) is 0 Å². The molecule has 0 fully saturated rings. The van der Waals surface area contributed by atoms with Crippen molar-refractivity contribution in [2.45, 2.75) is 6.92 Å². The van der Waals surface area contributed by atoms with Gasteiger partial charge in [-0.1, -0.05) is 5.16 Å². The first kappa shape index (κ1) is 11.9. The van der Waals surface area contributed by atoms with Crippen molar-refractivity contribution in [1.29, 1.82) is 0 Å². The van der Waals surface area contributed by atoms with Crippen molar-refractivity contribution in [2.75, 3.05) is 12.8 Å². The van der Waals surface area contributed by atoms with Gasteiger partial charge in [-0.3, -0.25) is 10.1 Å². The molecule has 0 aliphatic carbocycles. The normalized spacial score (nSPS) is 10.3. The average molecular weight is 249 g/mol. The van der Waals surface area contributed by atoms with Crippen LogP contribution in [0.25, 0.3) is 11.3 Å². The minimum atomic E-state index is -0.490. The minimum absolute atomic E-state index is 0.0512. The number of non-ortho nitro benzene ring substituents is 1. The molecule has 0 saturated heterocycles. The fourth-order valence-electron chi connectivity index (χ4n) is 1.59. The largest absolute Gasteiger partial charge is 0.496 e. The number of nitrogens with zero attached hydrogens (tertiary/aromatic N) is 2. The second-order valence-electron chi connectivity index (χ2n) is 3.66. The summed E-state index contributed by atoms with van der Waals surface area (Å²) in [6, 6.07) is 4.27. The van der Waals surface area contributed by atoms with Crippen LogP contribution >= 0.6 is 0 Å². The van der Waals surface area contributed by atoms with E-state index in [-0.39, 0.29) is 11.6 Å². The standard InChI is InChI=1S/C11H11N3O4/c1-6-10(13-18-11(6)12)8-4-3-7(14(15)16)5-9(8)17-2/h3-5H,12H2,1-2H3. The van der Waals surface area contributed by atoms with E-state index in [9.17, 15) is 10.1 Å². The van der Waals surface area contributed by atoms with Gasteiger partial charge in [-0.25, -0.2) is 0 Å². The molecule has 0 unspecified atom stereocenters.